The van der Waals surface area contributed by atoms with E-state index in [1.807, 2.05) is 11.8 Å². The Hall–Kier alpha value is -0.220. The second kappa shape index (κ2) is 4.96. The number of hydrogen-bond acceptors (Lipinski definition) is 4. The molecule has 0 aromatic heterocycles. The Kier molecular flexibility index (Phi) is 3.80. The molecule has 1 atom stereocenters. The van der Waals surface area contributed by atoms with Crippen LogP contribution in [-0.2, 0) is 9.53 Å². The molecule has 0 amide bonds. The Morgan fingerprint density at radius 3 is 2.62 bits per heavy atom. The quantitative estimate of drug-likeness (QED) is 0.705. The molecule has 2 aliphatic rings. The van der Waals surface area contributed by atoms with Crippen molar-refractivity contribution in [3.63, 3.8) is 0 Å². The molecule has 1 aliphatic carbocycles. The first-order valence-corrected chi connectivity index (χ1v) is 7.30. The van der Waals surface area contributed by atoms with E-state index in [0.717, 1.165) is 19.5 Å². The molecule has 16 heavy (non-hydrogen) atoms. The van der Waals surface area contributed by atoms with E-state index in [0.29, 0.717) is 4.75 Å². The summed E-state index contributed by atoms with van der Waals surface area (Å²) in [5.41, 5.74) is 0. The number of esters is 1. The lowest BCUT2D eigenvalue weighted by Gasteiger charge is -2.43. The fourth-order valence-corrected chi connectivity index (χ4v) is 3.84. The Morgan fingerprint density at radius 2 is 2.19 bits per heavy atom. The summed E-state index contributed by atoms with van der Waals surface area (Å²) in [5.74, 6) is -0.0551. The van der Waals surface area contributed by atoms with Crippen LogP contribution >= 0.6 is 11.8 Å². The molecule has 92 valence electrons. The van der Waals surface area contributed by atoms with Gasteiger partial charge in [0, 0.05) is 17.8 Å². The molecule has 0 spiro atoms. The second-order valence-electron chi connectivity index (χ2n) is 4.89. The van der Waals surface area contributed by atoms with Gasteiger partial charge in [0.1, 0.15) is 6.04 Å². The van der Waals surface area contributed by atoms with Crippen LogP contribution in [0.4, 0.5) is 0 Å². The molecule has 1 heterocycles. The van der Waals surface area contributed by atoms with Gasteiger partial charge < -0.3 is 4.74 Å². The summed E-state index contributed by atoms with van der Waals surface area (Å²) in [6.45, 7) is 2.12. The van der Waals surface area contributed by atoms with Gasteiger partial charge in [0.2, 0.25) is 0 Å². The number of nitrogens with zero attached hydrogens (tertiary/aromatic N) is 1. The third-order valence-corrected chi connectivity index (χ3v) is 5.45. The highest BCUT2D eigenvalue weighted by molar-refractivity contribution is 8.00. The van der Waals surface area contributed by atoms with Crippen molar-refractivity contribution in [2.75, 3.05) is 26.5 Å². The van der Waals surface area contributed by atoms with Gasteiger partial charge in [-0.2, -0.15) is 11.8 Å². The zero-order chi connectivity index (χ0) is 11.6. The molecule has 1 saturated carbocycles. The molecule has 2 fully saturated rings. The molecule has 0 bridgehead atoms. The Morgan fingerprint density at radius 1 is 1.50 bits per heavy atom. The number of thioether (sulfide) groups is 1. The first kappa shape index (κ1) is 12.2. The SMILES string of the molecule is COC(=O)C1CCN1CC1(SC)CCCC1. The van der Waals surface area contributed by atoms with Crippen LogP contribution in [-0.4, -0.2) is 48.1 Å². The van der Waals surface area contributed by atoms with Gasteiger partial charge in [-0.15, -0.1) is 0 Å². The molecule has 0 radical (unpaired) electrons. The Balaban J connectivity index is 1.91. The molecule has 1 aliphatic heterocycles. The normalized spacial score (nSPS) is 28.8. The van der Waals surface area contributed by atoms with E-state index in [-0.39, 0.29) is 12.0 Å². The molecular weight excluding hydrogens is 222 g/mol. The van der Waals surface area contributed by atoms with Gasteiger partial charge in [-0.05, 0) is 25.5 Å². The number of ether oxygens (including phenoxy) is 1. The van der Waals surface area contributed by atoms with E-state index in [2.05, 4.69) is 11.2 Å². The fraction of sp³-hybridized carbons (Fsp3) is 0.917. The van der Waals surface area contributed by atoms with Crippen LogP contribution in [0, 0.1) is 0 Å². The van der Waals surface area contributed by atoms with Gasteiger partial charge in [0.25, 0.3) is 0 Å². The average Bonchev–Trinajstić information content (AvgIpc) is 2.73. The lowest BCUT2D eigenvalue weighted by molar-refractivity contribution is -0.152. The van der Waals surface area contributed by atoms with Gasteiger partial charge in [-0.25, -0.2) is 0 Å². The first-order valence-electron chi connectivity index (χ1n) is 6.08. The molecule has 2 rings (SSSR count). The van der Waals surface area contributed by atoms with Gasteiger partial charge in [-0.3, -0.25) is 9.69 Å². The van der Waals surface area contributed by atoms with Crippen molar-refractivity contribution in [3.05, 3.63) is 0 Å². The van der Waals surface area contributed by atoms with Crippen molar-refractivity contribution in [1.82, 2.24) is 4.90 Å². The van der Waals surface area contributed by atoms with Crippen molar-refractivity contribution in [2.24, 2.45) is 0 Å². The Labute approximate surface area is 102 Å². The minimum atomic E-state index is -0.0551. The fourth-order valence-electron chi connectivity index (χ4n) is 2.85. The number of carbonyl (C=O) groups excluding carboxylic acids is 1. The maximum absolute atomic E-state index is 11.5. The maximum atomic E-state index is 11.5. The molecule has 4 heteroatoms. The highest BCUT2D eigenvalue weighted by atomic mass is 32.2. The monoisotopic (exact) mass is 243 g/mol. The van der Waals surface area contributed by atoms with Gasteiger partial charge in [-0.1, -0.05) is 12.8 Å². The number of hydrogen-bond donors (Lipinski definition) is 0. The first-order chi connectivity index (χ1) is 7.71. The lowest BCUT2D eigenvalue weighted by atomic mass is 9.98. The standard InChI is InChI=1S/C12H21NO2S/c1-15-11(14)10-5-8-13(10)9-12(16-2)6-3-4-7-12/h10H,3-9H2,1-2H3. The molecule has 0 aromatic rings. The average molecular weight is 243 g/mol. The van der Waals surface area contributed by atoms with E-state index >= 15 is 0 Å². The molecule has 1 unspecified atom stereocenters. The number of rotatable bonds is 4. The van der Waals surface area contributed by atoms with Crippen LogP contribution in [0.2, 0.25) is 0 Å². The predicted molar refractivity (Wildman–Crippen MR) is 66.7 cm³/mol. The van der Waals surface area contributed by atoms with Crippen molar-refractivity contribution in [2.45, 2.75) is 42.9 Å². The number of likely N-dealkylation sites (tertiary alicyclic amines) is 1. The predicted octanol–water partition coefficient (Wildman–Crippen LogP) is 1.91. The second-order valence-corrected chi connectivity index (χ2v) is 6.17. The van der Waals surface area contributed by atoms with E-state index in [9.17, 15) is 4.79 Å². The molecule has 0 N–H and O–H groups in total. The smallest absolute Gasteiger partial charge is 0.323 e. The van der Waals surface area contributed by atoms with E-state index in [1.165, 1.54) is 32.8 Å². The van der Waals surface area contributed by atoms with E-state index in [1.54, 1.807) is 0 Å². The third-order valence-electron chi connectivity index (χ3n) is 4.04. The lowest BCUT2D eigenvalue weighted by Crippen LogP contribution is -2.56. The van der Waals surface area contributed by atoms with Crippen molar-refractivity contribution < 1.29 is 9.53 Å². The van der Waals surface area contributed by atoms with Gasteiger partial charge >= 0.3 is 5.97 Å². The number of methoxy groups -OCH3 is 1. The highest BCUT2D eigenvalue weighted by Gasteiger charge is 2.42. The minimum Gasteiger partial charge on any atom is -0.468 e. The van der Waals surface area contributed by atoms with Crippen LogP contribution in [0.3, 0.4) is 0 Å². The topological polar surface area (TPSA) is 29.5 Å². The van der Waals surface area contributed by atoms with Crippen LogP contribution in [0.5, 0.6) is 0 Å². The summed E-state index contributed by atoms with van der Waals surface area (Å²) in [4.78, 5) is 13.8. The summed E-state index contributed by atoms with van der Waals surface area (Å²) < 4.78 is 5.24. The molecular formula is C12H21NO2S. The third kappa shape index (κ3) is 2.23. The summed E-state index contributed by atoms with van der Waals surface area (Å²) in [6.07, 6.45) is 8.47. The zero-order valence-electron chi connectivity index (χ0n) is 10.2. The number of carbonyl (C=O) groups is 1. The van der Waals surface area contributed by atoms with Crippen molar-refractivity contribution in [3.8, 4) is 0 Å². The van der Waals surface area contributed by atoms with Crippen LogP contribution < -0.4 is 0 Å². The zero-order valence-corrected chi connectivity index (χ0v) is 11.0. The summed E-state index contributed by atoms with van der Waals surface area (Å²) in [7, 11) is 1.48. The molecule has 3 nitrogen and oxygen atoms in total. The largest absolute Gasteiger partial charge is 0.468 e. The van der Waals surface area contributed by atoms with Crippen LogP contribution in [0.25, 0.3) is 0 Å². The van der Waals surface area contributed by atoms with Gasteiger partial charge in [0.05, 0.1) is 7.11 Å². The minimum absolute atomic E-state index is 0.0367. The van der Waals surface area contributed by atoms with Crippen LogP contribution in [0.1, 0.15) is 32.1 Å². The maximum Gasteiger partial charge on any atom is 0.323 e. The molecule has 1 saturated heterocycles. The van der Waals surface area contributed by atoms with Crippen LogP contribution in [0.15, 0.2) is 0 Å². The summed E-state index contributed by atoms with van der Waals surface area (Å²) in [6, 6.07) is 0.0367. The summed E-state index contributed by atoms with van der Waals surface area (Å²) >= 11 is 1.99. The Bertz CT molecular complexity index is 264. The van der Waals surface area contributed by atoms with Crippen molar-refractivity contribution >= 4 is 17.7 Å². The van der Waals surface area contributed by atoms with E-state index < -0.39 is 0 Å². The van der Waals surface area contributed by atoms with E-state index in [4.69, 9.17) is 4.74 Å². The summed E-state index contributed by atoms with van der Waals surface area (Å²) in [5, 5.41) is 0. The van der Waals surface area contributed by atoms with Crippen molar-refractivity contribution in [1.29, 1.82) is 0 Å². The highest BCUT2D eigenvalue weighted by Crippen LogP contribution is 2.42. The molecule has 0 aromatic carbocycles. The van der Waals surface area contributed by atoms with Gasteiger partial charge in [0.15, 0.2) is 0 Å².